The number of benzene rings is 1. The van der Waals surface area contributed by atoms with E-state index in [1.165, 1.54) is 12.8 Å². The molecule has 9 nitrogen and oxygen atoms in total. The first-order valence-electron chi connectivity index (χ1n) is 14.5. The number of carbonyl (C=O) groups excluding carboxylic acids is 1. The summed E-state index contributed by atoms with van der Waals surface area (Å²) in [6, 6.07) is 6.60. The molecular weight excluding hydrogens is 518 g/mol. The van der Waals surface area contributed by atoms with Gasteiger partial charge in [-0.25, -0.2) is 4.98 Å². The first-order valence-corrected chi connectivity index (χ1v) is 14.5. The van der Waals surface area contributed by atoms with Crippen LogP contribution in [0.1, 0.15) is 38.2 Å². The minimum Gasteiger partial charge on any atom is -0.496 e. The summed E-state index contributed by atoms with van der Waals surface area (Å²) in [5, 5.41) is 1.42. The summed E-state index contributed by atoms with van der Waals surface area (Å²) in [5.41, 5.74) is 3.18. The maximum atomic E-state index is 12.9. The smallest absolute Gasteiger partial charge is 0.259 e. The second-order valence-electron chi connectivity index (χ2n) is 11.9. The molecule has 0 radical (unpaired) electrons. The average molecular weight is 562 g/mol. The number of ether oxygens (including phenoxy) is 2. The molecule has 0 unspecified atom stereocenters. The van der Waals surface area contributed by atoms with Crippen LogP contribution < -0.4 is 19.9 Å². The molecule has 0 atom stereocenters. The van der Waals surface area contributed by atoms with Gasteiger partial charge in [-0.2, -0.15) is 0 Å². The van der Waals surface area contributed by atoms with Gasteiger partial charge in [0.15, 0.2) is 0 Å². The van der Waals surface area contributed by atoms with Gasteiger partial charge in [0.1, 0.15) is 23.6 Å². The predicted octanol–water partition coefficient (Wildman–Crippen LogP) is 3.95. The van der Waals surface area contributed by atoms with Crippen LogP contribution in [0.15, 0.2) is 35.4 Å². The van der Waals surface area contributed by atoms with Gasteiger partial charge in [-0.05, 0) is 61.4 Å². The highest BCUT2D eigenvalue weighted by molar-refractivity contribution is 5.97. The van der Waals surface area contributed by atoms with Crippen molar-refractivity contribution in [3.8, 4) is 22.6 Å². The summed E-state index contributed by atoms with van der Waals surface area (Å²) in [6.07, 6.45) is 9.31. The van der Waals surface area contributed by atoms with Crippen molar-refractivity contribution in [2.24, 2.45) is 12.5 Å². The van der Waals surface area contributed by atoms with Crippen LogP contribution in [0.25, 0.3) is 21.9 Å². The minimum atomic E-state index is -0.0796. The number of aromatic nitrogens is 2. The Morgan fingerprint density at radius 1 is 1.07 bits per heavy atom. The Kier molecular flexibility index (Phi) is 8.38. The summed E-state index contributed by atoms with van der Waals surface area (Å²) in [6.45, 7) is 6.51. The van der Waals surface area contributed by atoms with Gasteiger partial charge in [0.05, 0.1) is 31.7 Å². The molecule has 5 rings (SSSR count). The summed E-state index contributed by atoms with van der Waals surface area (Å²) in [7, 11) is 9.05. The highest BCUT2D eigenvalue weighted by atomic mass is 16.5. The first kappa shape index (κ1) is 29.1. The largest absolute Gasteiger partial charge is 0.496 e. The van der Waals surface area contributed by atoms with Gasteiger partial charge in [-0.3, -0.25) is 14.6 Å². The summed E-state index contributed by atoms with van der Waals surface area (Å²) in [4.78, 5) is 35.2. The molecule has 1 aliphatic heterocycles. The van der Waals surface area contributed by atoms with Crippen molar-refractivity contribution < 1.29 is 14.3 Å². The SMILES string of the molecule is CCN(CC=O)C1CCC2(CC1)CN(Cc1c(OC)cc(-c3cn(C)c(=O)c4cnc(N(C)C)cc34)cc1OC)C2. The number of hydrogen-bond acceptors (Lipinski definition) is 8. The number of carbonyl (C=O) groups is 1. The van der Waals surface area contributed by atoms with Crippen molar-refractivity contribution in [2.45, 2.75) is 45.2 Å². The number of nitrogens with zero attached hydrogens (tertiary/aromatic N) is 5. The second kappa shape index (κ2) is 11.8. The number of likely N-dealkylation sites (N-methyl/N-ethyl adjacent to an activating group) is 1. The Bertz CT molecular complexity index is 1440. The van der Waals surface area contributed by atoms with Crippen molar-refractivity contribution in [3.05, 3.63) is 46.5 Å². The molecule has 1 spiro atoms. The third kappa shape index (κ3) is 5.57. The fourth-order valence-corrected chi connectivity index (χ4v) is 6.89. The zero-order valence-electron chi connectivity index (χ0n) is 25.3. The number of likely N-dealkylation sites (tertiary alicyclic amines) is 1. The van der Waals surface area contributed by atoms with Gasteiger partial charge in [0.25, 0.3) is 5.56 Å². The van der Waals surface area contributed by atoms with Crippen LogP contribution in [0, 0.1) is 5.41 Å². The molecule has 2 aromatic heterocycles. The highest BCUT2D eigenvalue weighted by Crippen LogP contribution is 2.47. The van der Waals surface area contributed by atoms with Crippen molar-refractivity contribution in [2.75, 3.05) is 59.4 Å². The predicted molar refractivity (Wildman–Crippen MR) is 163 cm³/mol. The fraction of sp³-hybridized carbons (Fsp3) is 0.531. The monoisotopic (exact) mass is 561 g/mol. The summed E-state index contributed by atoms with van der Waals surface area (Å²) in [5.74, 6) is 2.34. The summed E-state index contributed by atoms with van der Waals surface area (Å²) >= 11 is 0. The molecule has 3 heterocycles. The van der Waals surface area contributed by atoms with Crippen LogP contribution in [-0.4, -0.2) is 86.2 Å². The molecule has 1 saturated carbocycles. The lowest BCUT2D eigenvalue weighted by atomic mass is 9.67. The third-order valence-corrected chi connectivity index (χ3v) is 9.18. The van der Waals surface area contributed by atoms with Gasteiger partial charge in [0, 0.05) is 70.2 Å². The molecule has 3 aromatic rings. The van der Waals surface area contributed by atoms with Gasteiger partial charge in [-0.1, -0.05) is 6.92 Å². The number of aldehydes is 1. The van der Waals surface area contributed by atoms with Crippen molar-refractivity contribution in [1.29, 1.82) is 0 Å². The third-order valence-electron chi connectivity index (χ3n) is 9.18. The molecule has 2 fully saturated rings. The topological polar surface area (TPSA) is 80.1 Å². The van der Waals surface area contributed by atoms with Crippen LogP contribution >= 0.6 is 0 Å². The molecule has 1 saturated heterocycles. The van der Waals surface area contributed by atoms with Crippen molar-refractivity contribution in [3.63, 3.8) is 0 Å². The standard InChI is InChI=1S/C32H43N5O4/c1-7-37(12-13-38)23-8-10-32(11-9-23)20-36(21-32)19-27-28(40-5)14-22(15-29(27)41-6)26-18-35(4)31(39)25-17-33-30(34(2)3)16-24(25)26/h13-18,23H,7-12,19-21H2,1-6H3. The normalized spacial score (nSPS) is 17.1. The lowest BCUT2D eigenvalue weighted by Crippen LogP contribution is -2.58. The van der Waals surface area contributed by atoms with Crippen LogP contribution in [0.4, 0.5) is 5.82 Å². The van der Waals surface area contributed by atoms with Crippen LogP contribution in [-0.2, 0) is 18.4 Å². The Balaban J connectivity index is 1.39. The van der Waals surface area contributed by atoms with Crippen LogP contribution in [0.3, 0.4) is 0 Å². The molecule has 0 amide bonds. The van der Waals surface area contributed by atoms with E-state index in [2.05, 4.69) is 33.8 Å². The maximum Gasteiger partial charge on any atom is 0.259 e. The number of anilines is 1. The van der Waals surface area contributed by atoms with E-state index in [0.29, 0.717) is 23.4 Å². The number of fused-ring (bicyclic) bond motifs is 1. The van der Waals surface area contributed by atoms with Crippen LogP contribution in [0.2, 0.25) is 0 Å². The Hall–Kier alpha value is -3.43. The number of pyridine rings is 2. The van der Waals surface area contributed by atoms with E-state index in [0.717, 1.165) is 84.7 Å². The van der Waals surface area contributed by atoms with E-state index in [1.54, 1.807) is 32.0 Å². The summed E-state index contributed by atoms with van der Waals surface area (Å²) < 4.78 is 13.5. The number of hydrogen-bond donors (Lipinski definition) is 0. The van der Waals surface area contributed by atoms with E-state index in [-0.39, 0.29) is 5.56 Å². The number of rotatable bonds is 10. The Morgan fingerprint density at radius 3 is 2.29 bits per heavy atom. The minimum absolute atomic E-state index is 0.0796. The van der Waals surface area contributed by atoms with Gasteiger partial charge >= 0.3 is 0 Å². The lowest BCUT2D eigenvalue weighted by Gasteiger charge is -2.54. The quantitative estimate of drug-likeness (QED) is 0.345. The first-order chi connectivity index (χ1) is 19.7. The fourth-order valence-electron chi connectivity index (χ4n) is 6.89. The Morgan fingerprint density at radius 2 is 1.73 bits per heavy atom. The van der Waals surface area contributed by atoms with E-state index in [4.69, 9.17) is 9.47 Å². The molecule has 2 aliphatic rings. The maximum absolute atomic E-state index is 12.9. The van der Waals surface area contributed by atoms with Gasteiger partial charge < -0.3 is 23.7 Å². The lowest BCUT2D eigenvalue weighted by molar-refractivity contribution is -0.110. The van der Waals surface area contributed by atoms with E-state index < -0.39 is 0 Å². The zero-order chi connectivity index (χ0) is 29.3. The van der Waals surface area contributed by atoms with Gasteiger partial charge in [-0.15, -0.1) is 0 Å². The van der Waals surface area contributed by atoms with Crippen molar-refractivity contribution in [1.82, 2.24) is 19.4 Å². The Labute approximate surface area is 242 Å². The van der Waals surface area contributed by atoms with Crippen molar-refractivity contribution >= 4 is 22.9 Å². The van der Waals surface area contributed by atoms with E-state index in [1.807, 2.05) is 31.3 Å². The molecular formula is C32H43N5O4. The van der Waals surface area contributed by atoms with Crippen LogP contribution in [0.5, 0.6) is 11.5 Å². The second-order valence-corrected chi connectivity index (χ2v) is 11.9. The van der Waals surface area contributed by atoms with E-state index in [9.17, 15) is 9.59 Å². The average Bonchev–Trinajstić information content (AvgIpc) is 2.97. The van der Waals surface area contributed by atoms with E-state index >= 15 is 0 Å². The molecule has 1 aromatic carbocycles. The molecule has 9 heteroatoms. The number of aryl methyl sites for hydroxylation is 1. The molecule has 41 heavy (non-hydrogen) atoms. The highest BCUT2D eigenvalue weighted by Gasteiger charge is 2.45. The number of methoxy groups -OCH3 is 2. The molecule has 220 valence electrons. The van der Waals surface area contributed by atoms with Gasteiger partial charge in [0.2, 0.25) is 0 Å². The molecule has 0 bridgehead atoms. The zero-order valence-corrected chi connectivity index (χ0v) is 25.3. The molecule has 1 aliphatic carbocycles. The molecule has 0 N–H and O–H groups in total.